The molecular formula is C16H20N2O5S. The van der Waals surface area contributed by atoms with Gasteiger partial charge in [-0.3, -0.25) is 9.59 Å². The summed E-state index contributed by atoms with van der Waals surface area (Å²) in [5.41, 5.74) is 5.06. The first-order valence-corrected chi connectivity index (χ1v) is 9.26. The lowest BCUT2D eigenvalue weighted by atomic mass is 9.81. The van der Waals surface area contributed by atoms with E-state index in [4.69, 9.17) is 5.73 Å². The highest BCUT2D eigenvalue weighted by molar-refractivity contribution is 7.89. The Bertz CT molecular complexity index is 820. The molecule has 24 heavy (non-hydrogen) atoms. The van der Waals surface area contributed by atoms with E-state index in [1.807, 2.05) is 0 Å². The number of fused-ring (bicyclic) bond motifs is 1. The molecule has 3 N–H and O–H groups in total. The first-order chi connectivity index (χ1) is 11.2. The molecule has 1 heterocycles. The van der Waals surface area contributed by atoms with Gasteiger partial charge >= 0.3 is 5.97 Å². The van der Waals surface area contributed by atoms with Crippen LogP contribution in [-0.2, 0) is 14.8 Å². The molecule has 1 aliphatic carbocycles. The number of nitrogens with zero attached hydrogens (tertiary/aromatic N) is 1. The summed E-state index contributed by atoms with van der Waals surface area (Å²) >= 11 is 0. The van der Waals surface area contributed by atoms with E-state index in [0.717, 1.165) is 12.8 Å². The van der Waals surface area contributed by atoms with E-state index < -0.39 is 27.3 Å². The number of primary amides is 1. The summed E-state index contributed by atoms with van der Waals surface area (Å²) in [6.07, 6.45) is 2.03. The van der Waals surface area contributed by atoms with Gasteiger partial charge in [-0.2, -0.15) is 4.31 Å². The summed E-state index contributed by atoms with van der Waals surface area (Å²) in [5, 5.41) is 9.60. The first kappa shape index (κ1) is 16.9. The quantitative estimate of drug-likeness (QED) is 0.837. The fourth-order valence-electron chi connectivity index (χ4n) is 3.95. The van der Waals surface area contributed by atoms with Crippen molar-refractivity contribution < 1.29 is 23.1 Å². The molecule has 7 nitrogen and oxygen atoms in total. The molecule has 1 saturated heterocycles. The smallest absolute Gasteiger partial charge is 0.311 e. The molecule has 1 amide bonds. The molecule has 0 radical (unpaired) electrons. The molecule has 0 bridgehead atoms. The molecule has 2 aliphatic rings. The fraction of sp³-hybridized carbons (Fsp3) is 0.500. The van der Waals surface area contributed by atoms with Crippen molar-refractivity contribution >= 4 is 21.9 Å². The van der Waals surface area contributed by atoms with Gasteiger partial charge in [-0.05, 0) is 43.4 Å². The SMILES string of the molecule is Cc1ccc(S(=O)(=O)N2C[C@@H]3CCC[C@@]3(C(=O)O)C2)cc1C(N)=O. The highest BCUT2D eigenvalue weighted by atomic mass is 32.2. The van der Waals surface area contributed by atoms with Crippen LogP contribution in [0.25, 0.3) is 0 Å². The zero-order valence-electron chi connectivity index (χ0n) is 13.4. The molecule has 1 aromatic carbocycles. The number of rotatable bonds is 4. The number of sulfonamides is 1. The van der Waals surface area contributed by atoms with Gasteiger partial charge in [0.2, 0.25) is 15.9 Å². The number of carboxylic acids is 1. The maximum atomic E-state index is 12.9. The Labute approximate surface area is 140 Å². The van der Waals surface area contributed by atoms with E-state index >= 15 is 0 Å². The van der Waals surface area contributed by atoms with Crippen molar-refractivity contribution in [1.82, 2.24) is 4.31 Å². The molecule has 2 atom stereocenters. The van der Waals surface area contributed by atoms with Gasteiger partial charge in [-0.25, -0.2) is 8.42 Å². The van der Waals surface area contributed by atoms with Gasteiger partial charge in [0.05, 0.1) is 10.3 Å². The highest BCUT2D eigenvalue weighted by Gasteiger charge is 2.57. The molecule has 130 valence electrons. The zero-order valence-corrected chi connectivity index (χ0v) is 14.2. The molecule has 0 spiro atoms. The van der Waals surface area contributed by atoms with Crippen molar-refractivity contribution in [2.24, 2.45) is 17.1 Å². The minimum absolute atomic E-state index is 0.0187. The van der Waals surface area contributed by atoms with Crippen molar-refractivity contribution in [2.75, 3.05) is 13.1 Å². The Balaban J connectivity index is 1.97. The van der Waals surface area contributed by atoms with Crippen LogP contribution in [0.5, 0.6) is 0 Å². The summed E-state index contributed by atoms with van der Waals surface area (Å²) in [7, 11) is -3.86. The Morgan fingerprint density at radius 2 is 2.08 bits per heavy atom. The summed E-state index contributed by atoms with van der Waals surface area (Å²) < 4.78 is 27.0. The molecule has 0 unspecified atom stereocenters. The minimum Gasteiger partial charge on any atom is -0.481 e. The van der Waals surface area contributed by atoms with Gasteiger partial charge in [0.1, 0.15) is 0 Å². The second kappa shape index (κ2) is 5.56. The van der Waals surface area contributed by atoms with Crippen LogP contribution in [0.15, 0.2) is 23.1 Å². The van der Waals surface area contributed by atoms with Crippen LogP contribution in [-0.4, -0.2) is 42.8 Å². The van der Waals surface area contributed by atoms with Gasteiger partial charge in [0.15, 0.2) is 0 Å². The Kier molecular flexibility index (Phi) is 3.92. The van der Waals surface area contributed by atoms with E-state index in [9.17, 15) is 23.1 Å². The number of amides is 1. The van der Waals surface area contributed by atoms with Gasteiger partial charge in [-0.15, -0.1) is 0 Å². The maximum absolute atomic E-state index is 12.9. The third-order valence-electron chi connectivity index (χ3n) is 5.38. The van der Waals surface area contributed by atoms with Gasteiger partial charge in [0, 0.05) is 18.7 Å². The lowest BCUT2D eigenvalue weighted by Gasteiger charge is -2.23. The lowest BCUT2D eigenvalue weighted by molar-refractivity contribution is -0.149. The van der Waals surface area contributed by atoms with Crippen LogP contribution in [0.4, 0.5) is 0 Å². The van der Waals surface area contributed by atoms with Gasteiger partial charge in [0.25, 0.3) is 0 Å². The predicted molar refractivity (Wildman–Crippen MR) is 85.9 cm³/mol. The Hall–Kier alpha value is -1.93. The molecule has 1 aliphatic heterocycles. The normalized spacial score (nSPS) is 27.1. The number of aryl methyl sites for hydroxylation is 1. The summed E-state index contributed by atoms with van der Waals surface area (Å²) in [4.78, 5) is 23.2. The topological polar surface area (TPSA) is 118 Å². The number of hydrogen-bond donors (Lipinski definition) is 2. The minimum atomic E-state index is -3.86. The van der Waals surface area contributed by atoms with Gasteiger partial charge in [-0.1, -0.05) is 12.5 Å². The van der Waals surface area contributed by atoms with E-state index in [0.29, 0.717) is 12.0 Å². The summed E-state index contributed by atoms with van der Waals surface area (Å²) in [6, 6.07) is 4.24. The number of carbonyl (C=O) groups excluding carboxylic acids is 1. The molecule has 3 rings (SSSR count). The Morgan fingerprint density at radius 1 is 1.38 bits per heavy atom. The predicted octanol–water partition coefficient (Wildman–Crippen LogP) is 0.969. The number of hydrogen-bond acceptors (Lipinski definition) is 4. The number of benzene rings is 1. The van der Waals surface area contributed by atoms with Crippen LogP contribution >= 0.6 is 0 Å². The molecule has 2 fully saturated rings. The van der Waals surface area contributed by atoms with E-state index in [-0.39, 0.29) is 29.5 Å². The van der Waals surface area contributed by atoms with Crippen molar-refractivity contribution in [2.45, 2.75) is 31.1 Å². The van der Waals surface area contributed by atoms with Crippen LogP contribution < -0.4 is 5.73 Å². The monoisotopic (exact) mass is 352 g/mol. The second-order valence-electron chi connectivity index (χ2n) is 6.69. The lowest BCUT2D eigenvalue weighted by Crippen LogP contribution is -2.37. The third kappa shape index (κ3) is 2.41. The fourth-order valence-corrected chi connectivity index (χ4v) is 5.53. The molecular weight excluding hydrogens is 332 g/mol. The second-order valence-corrected chi connectivity index (χ2v) is 8.63. The number of aliphatic carboxylic acids is 1. The summed E-state index contributed by atoms with van der Waals surface area (Å²) in [5.74, 6) is -1.78. The Morgan fingerprint density at radius 3 is 2.67 bits per heavy atom. The molecule has 1 aromatic rings. The van der Waals surface area contributed by atoms with Gasteiger partial charge < -0.3 is 10.8 Å². The number of carboxylic acid groups (broad SMARTS) is 1. The average molecular weight is 352 g/mol. The van der Waals surface area contributed by atoms with E-state index in [1.54, 1.807) is 6.92 Å². The van der Waals surface area contributed by atoms with Crippen molar-refractivity contribution in [3.05, 3.63) is 29.3 Å². The molecule has 0 aromatic heterocycles. The number of carbonyl (C=O) groups is 2. The largest absolute Gasteiger partial charge is 0.481 e. The summed E-state index contributed by atoms with van der Waals surface area (Å²) in [6.45, 7) is 1.86. The van der Waals surface area contributed by atoms with Crippen LogP contribution in [0.1, 0.15) is 35.2 Å². The van der Waals surface area contributed by atoms with Crippen LogP contribution in [0, 0.1) is 18.3 Å². The van der Waals surface area contributed by atoms with E-state index in [1.165, 1.54) is 22.5 Å². The third-order valence-corrected chi connectivity index (χ3v) is 7.19. The van der Waals surface area contributed by atoms with Crippen molar-refractivity contribution in [1.29, 1.82) is 0 Å². The van der Waals surface area contributed by atoms with Crippen LogP contribution in [0.3, 0.4) is 0 Å². The molecule has 8 heteroatoms. The zero-order chi connectivity index (χ0) is 17.7. The first-order valence-electron chi connectivity index (χ1n) is 7.82. The van der Waals surface area contributed by atoms with Crippen LogP contribution in [0.2, 0.25) is 0 Å². The average Bonchev–Trinajstić information content (AvgIpc) is 3.05. The standard InChI is InChI=1S/C16H20N2O5S/c1-10-4-5-12(7-13(10)14(17)19)24(22,23)18-8-11-3-2-6-16(11,9-18)15(20)21/h4-5,7,11H,2-3,6,8-9H2,1H3,(H2,17,19)(H,20,21)/t11-,16+/m0/s1. The van der Waals surface area contributed by atoms with Crippen molar-refractivity contribution in [3.63, 3.8) is 0 Å². The molecule has 1 saturated carbocycles. The van der Waals surface area contributed by atoms with Crippen molar-refractivity contribution in [3.8, 4) is 0 Å². The maximum Gasteiger partial charge on any atom is 0.311 e. The van der Waals surface area contributed by atoms with E-state index in [2.05, 4.69) is 0 Å². The number of nitrogens with two attached hydrogens (primary N) is 1. The highest BCUT2D eigenvalue weighted by Crippen LogP contribution is 2.50.